The van der Waals surface area contributed by atoms with Crippen molar-refractivity contribution in [2.24, 2.45) is 0 Å². The number of carbonyl (C=O) groups is 2. The fourth-order valence-electron chi connectivity index (χ4n) is 2.18. The van der Waals surface area contributed by atoms with E-state index in [-0.39, 0.29) is 5.69 Å². The van der Waals surface area contributed by atoms with Crippen molar-refractivity contribution < 1.29 is 14.3 Å². The molecular weight excluding hydrogens is 332 g/mol. The molecule has 0 spiro atoms. The zero-order valence-corrected chi connectivity index (χ0v) is 15.1. The second kappa shape index (κ2) is 10.1. The standard InChI is InChI=1S/C19H24N4O3/c1-3-4-5-6-11-26-16-9-7-15(8-10-16)18(24)22-23-19(25)17-13-20-14(2)12-21-17/h7-10,12-13H,3-6,11H2,1-2H3,(H,22,24)(H,23,25). The summed E-state index contributed by atoms with van der Waals surface area (Å²) >= 11 is 0. The first-order valence-corrected chi connectivity index (χ1v) is 8.72. The second-order valence-corrected chi connectivity index (χ2v) is 5.88. The number of aryl methyl sites for hydroxylation is 1. The normalized spacial score (nSPS) is 10.2. The van der Waals surface area contributed by atoms with Crippen molar-refractivity contribution in [1.82, 2.24) is 20.8 Å². The average molecular weight is 356 g/mol. The molecule has 0 aliphatic heterocycles. The number of hydrogen-bond acceptors (Lipinski definition) is 5. The zero-order valence-electron chi connectivity index (χ0n) is 15.1. The molecule has 1 aromatic heterocycles. The fraction of sp³-hybridized carbons (Fsp3) is 0.368. The molecule has 2 amide bonds. The lowest BCUT2D eigenvalue weighted by molar-refractivity contribution is 0.0843. The summed E-state index contributed by atoms with van der Waals surface area (Å²) in [6.07, 6.45) is 7.41. The van der Waals surface area contributed by atoms with Crippen LogP contribution in [0.4, 0.5) is 0 Å². The number of nitrogens with one attached hydrogen (secondary N) is 2. The number of aromatic nitrogens is 2. The lowest BCUT2D eigenvalue weighted by Crippen LogP contribution is -2.42. The van der Waals surface area contributed by atoms with Gasteiger partial charge in [0.05, 0.1) is 18.5 Å². The summed E-state index contributed by atoms with van der Waals surface area (Å²) in [4.78, 5) is 31.9. The summed E-state index contributed by atoms with van der Waals surface area (Å²) in [5.74, 6) is -0.234. The Kier molecular flexibility index (Phi) is 7.54. The Labute approximate surface area is 153 Å². The van der Waals surface area contributed by atoms with E-state index in [2.05, 4.69) is 27.7 Å². The number of hydrogen-bond donors (Lipinski definition) is 2. The molecule has 7 nitrogen and oxygen atoms in total. The Balaban J connectivity index is 1.78. The Bertz CT molecular complexity index is 715. The van der Waals surface area contributed by atoms with Crippen LogP contribution in [0.2, 0.25) is 0 Å². The van der Waals surface area contributed by atoms with Gasteiger partial charge in [0.25, 0.3) is 11.8 Å². The topological polar surface area (TPSA) is 93.2 Å². The first-order chi connectivity index (χ1) is 12.6. The molecule has 1 heterocycles. The maximum atomic E-state index is 12.1. The van der Waals surface area contributed by atoms with E-state index in [0.29, 0.717) is 17.9 Å². The number of rotatable bonds is 8. The van der Waals surface area contributed by atoms with Gasteiger partial charge in [0.15, 0.2) is 0 Å². The van der Waals surface area contributed by atoms with E-state index in [9.17, 15) is 9.59 Å². The molecule has 0 saturated heterocycles. The van der Waals surface area contributed by atoms with E-state index < -0.39 is 11.8 Å². The van der Waals surface area contributed by atoms with Crippen LogP contribution in [0.1, 0.15) is 59.1 Å². The van der Waals surface area contributed by atoms with Crippen molar-refractivity contribution in [3.05, 3.63) is 53.6 Å². The van der Waals surface area contributed by atoms with Crippen LogP contribution in [0.15, 0.2) is 36.7 Å². The molecule has 2 rings (SSSR count). The van der Waals surface area contributed by atoms with Crippen LogP contribution in [0.3, 0.4) is 0 Å². The molecular formula is C19H24N4O3. The summed E-state index contributed by atoms with van der Waals surface area (Å²) in [5, 5.41) is 0. The maximum Gasteiger partial charge on any atom is 0.289 e. The Morgan fingerprint density at radius 3 is 2.35 bits per heavy atom. The molecule has 2 N–H and O–H groups in total. The summed E-state index contributed by atoms with van der Waals surface area (Å²) in [6.45, 7) is 4.61. The van der Waals surface area contributed by atoms with Gasteiger partial charge in [-0.15, -0.1) is 0 Å². The Hall–Kier alpha value is -2.96. The molecule has 2 aromatic rings. The van der Waals surface area contributed by atoms with Crippen LogP contribution in [0, 0.1) is 6.92 Å². The van der Waals surface area contributed by atoms with E-state index >= 15 is 0 Å². The summed E-state index contributed by atoms with van der Waals surface area (Å²) in [6, 6.07) is 6.77. The predicted octanol–water partition coefficient (Wildman–Crippen LogP) is 2.82. The lowest BCUT2D eigenvalue weighted by Gasteiger charge is -2.09. The number of ether oxygens (including phenoxy) is 1. The van der Waals surface area contributed by atoms with Gasteiger partial charge in [-0.2, -0.15) is 0 Å². The van der Waals surface area contributed by atoms with Crippen molar-refractivity contribution in [3.63, 3.8) is 0 Å². The van der Waals surface area contributed by atoms with Gasteiger partial charge in [-0.3, -0.25) is 25.4 Å². The number of nitrogens with zero attached hydrogens (tertiary/aromatic N) is 2. The minimum Gasteiger partial charge on any atom is -0.494 e. The number of benzene rings is 1. The minimum atomic E-state index is -0.530. The molecule has 0 atom stereocenters. The van der Waals surface area contributed by atoms with Crippen molar-refractivity contribution in [2.75, 3.05) is 6.61 Å². The molecule has 26 heavy (non-hydrogen) atoms. The number of amides is 2. The van der Waals surface area contributed by atoms with E-state index in [1.807, 2.05) is 0 Å². The molecule has 0 aliphatic carbocycles. The number of unbranched alkanes of at least 4 members (excludes halogenated alkanes) is 3. The number of hydrazine groups is 1. The summed E-state index contributed by atoms with van der Waals surface area (Å²) in [5.41, 5.74) is 5.91. The van der Waals surface area contributed by atoms with Gasteiger partial charge in [0.1, 0.15) is 11.4 Å². The molecule has 0 saturated carbocycles. The summed E-state index contributed by atoms with van der Waals surface area (Å²) in [7, 11) is 0. The highest BCUT2D eigenvalue weighted by Crippen LogP contribution is 2.13. The molecule has 0 unspecified atom stereocenters. The molecule has 1 aromatic carbocycles. The average Bonchev–Trinajstić information content (AvgIpc) is 2.66. The SMILES string of the molecule is CCCCCCOc1ccc(C(=O)NNC(=O)c2cnc(C)cn2)cc1. The van der Waals surface area contributed by atoms with Gasteiger partial charge in [-0.05, 0) is 37.6 Å². The van der Waals surface area contributed by atoms with Crippen molar-refractivity contribution in [1.29, 1.82) is 0 Å². The van der Waals surface area contributed by atoms with Crippen molar-refractivity contribution >= 4 is 11.8 Å². The maximum absolute atomic E-state index is 12.1. The molecule has 0 fully saturated rings. The zero-order chi connectivity index (χ0) is 18.8. The third-order valence-electron chi connectivity index (χ3n) is 3.69. The quantitative estimate of drug-likeness (QED) is 0.560. The third-order valence-corrected chi connectivity index (χ3v) is 3.69. The van der Waals surface area contributed by atoms with Crippen LogP contribution in [0.5, 0.6) is 5.75 Å². The lowest BCUT2D eigenvalue weighted by atomic mass is 10.2. The highest BCUT2D eigenvalue weighted by atomic mass is 16.5. The highest BCUT2D eigenvalue weighted by Gasteiger charge is 2.10. The van der Waals surface area contributed by atoms with Gasteiger partial charge in [-0.1, -0.05) is 26.2 Å². The van der Waals surface area contributed by atoms with Gasteiger partial charge < -0.3 is 4.74 Å². The van der Waals surface area contributed by atoms with Gasteiger partial charge in [-0.25, -0.2) is 4.98 Å². The van der Waals surface area contributed by atoms with Gasteiger partial charge in [0, 0.05) is 11.8 Å². The van der Waals surface area contributed by atoms with Crippen LogP contribution < -0.4 is 15.6 Å². The third kappa shape index (κ3) is 6.16. The van der Waals surface area contributed by atoms with E-state index in [1.165, 1.54) is 25.2 Å². The van der Waals surface area contributed by atoms with Gasteiger partial charge in [0.2, 0.25) is 0 Å². The van der Waals surface area contributed by atoms with Crippen LogP contribution in [0.25, 0.3) is 0 Å². The van der Waals surface area contributed by atoms with Crippen LogP contribution in [-0.4, -0.2) is 28.4 Å². The van der Waals surface area contributed by atoms with E-state index in [1.54, 1.807) is 31.2 Å². The predicted molar refractivity (Wildman–Crippen MR) is 97.8 cm³/mol. The molecule has 0 radical (unpaired) electrons. The number of carbonyl (C=O) groups excluding carboxylic acids is 2. The highest BCUT2D eigenvalue weighted by molar-refractivity contribution is 5.98. The van der Waals surface area contributed by atoms with E-state index in [0.717, 1.165) is 18.6 Å². The Morgan fingerprint density at radius 1 is 0.962 bits per heavy atom. The van der Waals surface area contributed by atoms with Crippen molar-refractivity contribution in [3.8, 4) is 5.75 Å². The molecule has 7 heteroatoms. The Morgan fingerprint density at radius 2 is 1.69 bits per heavy atom. The monoisotopic (exact) mass is 356 g/mol. The first-order valence-electron chi connectivity index (χ1n) is 8.72. The molecule has 0 aliphatic rings. The summed E-state index contributed by atoms with van der Waals surface area (Å²) < 4.78 is 5.64. The minimum absolute atomic E-state index is 0.128. The second-order valence-electron chi connectivity index (χ2n) is 5.88. The van der Waals surface area contributed by atoms with Crippen LogP contribution >= 0.6 is 0 Å². The van der Waals surface area contributed by atoms with Crippen LogP contribution in [-0.2, 0) is 0 Å². The van der Waals surface area contributed by atoms with Gasteiger partial charge >= 0.3 is 0 Å². The van der Waals surface area contributed by atoms with E-state index in [4.69, 9.17) is 4.74 Å². The molecule has 0 bridgehead atoms. The smallest absolute Gasteiger partial charge is 0.289 e. The largest absolute Gasteiger partial charge is 0.494 e. The molecule has 138 valence electrons. The first kappa shape index (κ1) is 19.4. The fourth-order valence-corrected chi connectivity index (χ4v) is 2.18. The van der Waals surface area contributed by atoms with Crippen molar-refractivity contribution in [2.45, 2.75) is 39.5 Å².